The molecule has 50 heavy (non-hydrogen) atoms. The fourth-order valence-corrected chi connectivity index (χ4v) is 6.96. The van der Waals surface area contributed by atoms with Gasteiger partial charge in [-0.25, -0.2) is 0 Å². The number of fused-ring (bicyclic) bond motifs is 1. The Bertz CT molecular complexity index is 1670. The maximum Gasteiger partial charge on any atom is 0.119 e. The van der Waals surface area contributed by atoms with Gasteiger partial charge in [0.15, 0.2) is 0 Å². The minimum atomic E-state index is -0.00848. The van der Waals surface area contributed by atoms with Crippen LogP contribution in [-0.2, 0) is 27.4 Å². The van der Waals surface area contributed by atoms with Crippen molar-refractivity contribution in [2.75, 3.05) is 32.8 Å². The Labute approximate surface area is 300 Å². The second-order valence-corrected chi connectivity index (χ2v) is 13.8. The van der Waals surface area contributed by atoms with Crippen molar-refractivity contribution in [2.45, 2.75) is 72.2 Å². The van der Waals surface area contributed by atoms with Crippen molar-refractivity contribution in [2.24, 2.45) is 5.92 Å². The normalized spacial score (nSPS) is 24.4. The van der Waals surface area contributed by atoms with Gasteiger partial charge in [-0.15, -0.1) is 0 Å². The molecular formula is C45H54N2O3. The predicted octanol–water partition coefficient (Wildman–Crippen LogP) is 9.96. The minimum Gasteiger partial charge on any atom is -0.494 e. The van der Waals surface area contributed by atoms with E-state index in [-0.39, 0.29) is 6.10 Å². The molecule has 4 aliphatic rings. The summed E-state index contributed by atoms with van der Waals surface area (Å²) in [6.07, 6.45) is 26.1. The molecule has 5 heteroatoms. The quantitative estimate of drug-likeness (QED) is 0.148. The van der Waals surface area contributed by atoms with E-state index >= 15 is 0 Å². The molecule has 1 fully saturated rings. The van der Waals surface area contributed by atoms with E-state index < -0.39 is 0 Å². The molecule has 6 rings (SSSR count). The first-order valence-corrected chi connectivity index (χ1v) is 18.5. The zero-order valence-electron chi connectivity index (χ0n) is 30.2. The Balaban J connectivity index is 1.17. The van der Waals surface area contributed by atoms with Crippen molar-refractivity contribution in [3.63, 3.8) is 0 Å². The van der Waals surface area contributed by atoms with Crippen LogP contribution in [0.3, 0.4) is 0 Å². The van der Waals surface area contributed by atoms with Crippen LogP contribution in [0, 0.1) is 5.92 Å². The Hall–Kier alpha value is -4.32. The van der Waals surface area contributed by atoms with E-state index in [0.29, 0.717) is 19.1 Å². The molecule has 0 spiro atoms. The van der Waals surface area contributed by atoms with Gasteiger partial charge in [-0.3, -0.25) is 4.90 Å². The molecule has 2 aliphatic heterocycles. The molecule has 2 atom stereocenters. The Morgan fingerprint density at radius 2 is 1.56 bits per heavy atom. The Morgan fingerprint density at radius 1 is 0.840 bits per heavy atom. The molecule has 1 saturated heterocycles. The summed E-state index contributed by atoms with van der Waals surface area (Å²) in [4.78, 5) is 4.98. The first-order valence-electron chi connectivity index (χ1n) is 18.5. The molecule has 2 unspecified atom stereocenters. The fraction of sp³-hybridized carbons (Fsp3) is 0.378. The first-order chi connectivity index (χ1) is 24.5. The van der Waals surface area contributed by atoms with Crippen LogP contribution in [0.15, 0.2) is 155 Å². The van der Waals surface area contributed by atoms with Crippen molar-refractivity contribution in [1.82, 2.24) is 9.80 Å². The van der Waals surface area contributed by atoms with Crippen LogP contribution < -0.4 is 0 Å². The maximum absolute atomic E-state index is 6.38. The minimum absolute atomic E-state index is 0.00848. The number of nitrogens with zero attached hydrogens (tertiary/aromatic N) is 2. The van der Waals surface area contributed by atoms with Gasteiger partial charge in [0.25, 0.3) is 0 Å². The Kier molecular flexibility index (Phi) is 12.8. The van der Waals surface area contributed by atoms with Crippen molar-refractivity contribution >= 4 is 0 Å². The van der Waals surface area contributed by atoms with Crippen molar-refractivity contribution < 1.29 is 14.2 Å². The maximum atomic E-state index is 6.38. The zero-order chi connectivity index (χ0) is 34.5. The van der Waals surface area contributed by atoms with E-state index in [2.05, 4.69) is 115 Å². The average molecular weight is 671 g/mol. The van der Waals surface area contributed by atoms with E-state index in [1.54, 1.807) is 0 Å². The second kappa shape index (κ2) is 18.1. The third-order valence-electron chi connectivity index (χ3n) is 9.90. The van der Waals surface area contributed by atoms with Gasteiger partial charge in [0, 0.05) is 30.9 Å². The number of hydrogen-bond donors (Lipinski definition) is 0. The smallest absolute Gasteiger partial charge is 0.119 e. The van der Waals surface area contributed by atoms with Crippen LogP contribution in [-0.4, -0.2) is 48.7 Å². The highest BCUT2D eigenvalue weighted by Crippen LogP contribution is 2.46. The third-order valence-corrected chi connectivity index (χ3v) is 9.90. The molecule has 0 bridgehead atoms. The van der Waals surface area contributed by atoms with E-state index in [1.165, 1.54) is 72.3 Å². The lowest BCUT2D eigenvalue weighted by atomic mass is 10.1. The molecular weight excluding hydrogens is 617 g/mol. The van der Waals surface area contributed by atoms with Gasteiger partial charge in [0.1, 0.15) is 19.0 Å². The lowest BCUT2D eigenvalue weighted by Crippen LogP contribution is -2.28. The van der Waals surface area contributed by atoms with Crippen molar-refractivity contribution in [3.05, 3.63) is 166 Å². The highest BCUT2D eigenvalue weighted by atomic mass is 16.5. The van der Waals surface area contributed by atoms with Crippen LogP contribution in [0.4, 0.5) is 0 Å². The van der Waals surface area contributed by atoms with Gasteiger partial charge >= 0.3 is 0 Å². The lowest BCUT2D eigenvalue weighted by Gasteiger charge is -2.25. The molecule has 0 saturated carbocycles. The first kappa shape index (κ1) is 35.5. The molecule has 0 amide bonds. The van der Waals surface area contributed by atoms with Crippen LogP contribution >= 0.6 is 0 Å². The second-order valence-electron chi connectivity index (χ2n) is 13.8. The number of hydrogen-bond acceptors (Lipinski definition) is 5. The third kappa shape index (κ3) is 10.3. The van der Waals surface area contributed by atoms with Crippen LogP contribution in [0.1, 0.15) is 64.0 Å². The van der Waals surface area contributed by atoms with E-state index in [1.807, 2.05) is 31.2 Å². The molecule has 2 heterocycles. The molecule has 2 aromatic rings. The molecule has 0 radical (unpaired) electrons. The summed E-state index contributed by atoms with van der Waals surface area (Å²) in [6, 6.07) is 20.7. The van der Waals surface area contributed by atoms with E-state index in [0.717, 1.165) is 43.2 Å². The fourth-order valence-electron chi connectivity index (χ4n) is 6.96. The van der Waals surface area contributed by atoms with Gasteiger partial charge in [0.2, 0.25) is 0 Å². The molecule has 0 N–H and O–H groups in total. The Morgan fingerprint density at radius 3 is 2.30 bits per heavy atom. The van der Waals surface area contributed by atoms with Gasteiger partial charge in [0.05, 0.1) is 18.5 Å². The molecule has 2 aliphatic carbocycles. The zero-order valence-corrected chi connectivity index (χ0v) is 30.2. The van der Waals surface area contributed by atoms with Crippen LogP contribution in [0.25, 0.3) is 0 Å². The highest BCUT2D eigenvalue weighted by Gasteiger charge is 2.36. The number of allylic oxidation sites excluding steroid dienone is 10. The van der Waals surface area contributed by atoms with Gasteiger partial charge in [-0.05, 0) is 105 Å². The number of rotatable bonds is 14. The van der Waals surface area contributed by atoms with E-state index in [9.17, 15) is 0 Å². The summed E-state index contributed by atoms with van der Waals surface area (Å²) in [5, 5.41) is 0. The summed E-state index contributed by atoms with van der Waals surface area (Å²) < 4.78 is 18.7. The van der Waals surface area contributed by atoms with Gasteiger partial charge < -0.3 is 19.1 Å². The SMILES string of the molecule is CC1=C(\C(C)=C\C=C(/C)OCc2ccccc2)N(CC2=C3C=C(OCCN4CCCCCC4)C=CC32)/C=C/CC(OCc2ccccc2)\C=C\1. The molecule has 0 aromatic heterocycles. The van der Waals surface area contributed by atoms with Gasteiger partial charge in [-0.1, -0.05) is 104 Å². The van der Waals surface area contributed by atoms with Crippen LogP contribution in [0.5, 0.6) is 0 Å². The lowest BCUT2D eigenvalue weighted by molar-refractivity contribution is 0.0739. The summed E-state index contributed by atoms with van der Waals surface area (Å²) in [6.45, 7) is 12.6. The summed E-state index contributed by atoms with van der Waals surface area (Å²) in [5.41, 5.74) is 8.78. The molecule has 2 aromatic carbocycles. The molecule has 262 valence electrons. The predicted molar refractivity (Wildman–Crippen MR) is 205 cm³/mol. The largest absolute Gasteiger partial charge is 0.494 e. The highest BCUT2D eigenvalue weighted by molar-refractivity contribution is 5.58. The standard InChI is InChI=1S/C45H54N2O3/c1-35(20-22-37(3)49-33-38-15-8-6-9-16-38)45-36(2)21-23-40(50-34-39-17-10-7-11-18-39)19-14-28-47(45)32-44-42-25-24-41(31-43(42)44)48-30-29-46-26-12-4-5-13-27-46/h6-11,14-18,20-25,28,31,40,42H,4-5,12-13,19,26-27,29-30,32-34H2,1-3H3/b23-21+,28-14+,35-20+,37-22+,45-36-. The monoisotopic (exact) mass is 670 g/mol. The number of ether oxygens (including phenoxy) is 3. The summed E-state index contributed by atoms with van der Waals surface area (Å²) >= 11 is 0. The van der Waals surface area contributed by atoms with E-state index in [4.69, 9.17) is 14.2 Å². The molecule has 5 nitrogen and oxygen atoms in total. The van der Waals surface area contributed by atoms with Gasteiger partial charge in [-0.2, -0.15) is 0 Å². The topological polar surface area (TPSA) is 34.2 Å². The summed E-state index contributed by atoms with van der Waals surface area (Å²) in [5.74, 6) is 2.27. The summed E-state index contributed by atoms with van der Waals surface area (Å²) in [7, 11) is 0. The number of likely N-dealkylation sites (tertiary alicyclic amines) is 1. The van der Waals surface area contributed by atoms with Crippen molar-refractivity contribution in [3.8, 4) is 0 Å². The average Bonchev–Trinajstić information content (AvgIpc) is 3.88. The van der Waals surface area contributed by atoms with Crippen molar-refractivity contribution in [1.29, 1.82) is 0 Å². The van der Waals surface area contributed by atoms with Crippen LogP contribution in [0.2, 0.25) is 0 Å². The number of benzene rings is 2.